The number of hydrogen-bond acceptors (Lipinski definition) is 5. The topological polar surface area (TPSA) is 105 Å². The van der Waals surface area contributed by atoms with Crippen LogP contribution in [0.3, 0.4) is 0 Å². The normalized spacial score (nSPS) is 12.6. The molecule has 0 saturated heterocycles. The van der Waals surface area contributed by atoms with Crippen LogP contribution in [-0.2, 0) is 9.53 Å². The van der Waals surface area contributed by atoms with Gasteiger partial charge in [0.15, 0.2) is 6.04 Å². The lowest BCUT2D eigenvalue weighted by atomic mass is 10.0. The predicted molar refractivity (Wildman–Crippen MR) is 88.2 cm³/mol. The van der Waals surface area contributed by atoms with Crippen LogP contribution in [0.1, 0.15) is 11.7 Å². The van der Waals surface area contributed by atoms with Crippen LogP contribution >= 0.6 is 11.6 Å². The first-order valence-corrected chi connectivity index (χ1v) is 7.26. The van der Waals surface area contributed by atoms with Crippen LogP contribution in [0, 0.1) is 0 Å². The molecule has 24 heavy (non-hydrogen) atoms. The Hall–Kier alpha value is -2.51. The molecule has 0 aliphatic rings. The molecule has 8 heteroatoms. The van der Waals surface area contributed by atoms with Gasteiger partial charge in [0.1, 0.15) is 25.1 Å². The van der Waals surface area contributed by atoms with Gasteiger partial charge in [-0.1, -0.05) is 43.0 Å². The maximum absolute atomic E-state index is 11.5. The van der Waals surface area contributed by atoms with Crippen LogP contribution < -0.4 is 10.1 Å². The molecule has 130 valence electrons. The number of carboxylic acid groups (broad SMARTS) is 1. The maximum Gasteiger partial charge on any atom is 0.408 e. The lowest BCUT2D eigenvalue weighted by Crippen LogP contribution is -2.45. The molecular weight excluding hydrogens is 338 g/mol. The molecule has 0 fully saturated rings. The van der Waals surface area contributed by atoms with Gasteiger partial charge in [0, 0.05) is 0 Å². The van der Waals surface area contributed by atoms with E-state index in [1.54, 1.807) is 6.08 Å². The van der Waals surface area contributed by atoms with E-state index in [4.69, 9.17) is 16.3 Å². The highest BCUT2D eigenvalue weighted by atomic mass is 35.5. The van der Waals surface area contributed by atoms with E-state index in [9.17, 15) is 19.8 Å². The fraction of sp³-hybridized carbons (Fsp3) is 0.250. The predicted octanol–water partition coefficient (Wildman–Crippen LogP) is 2.30. The molecule has 2 atom stereocenters. The summed E-state index contributed by atoms with van der Waals surface area (Å²) in [5, 5.41) is 21.7. The number of ether oxygens (including phenoxy) is 2. The van der Waals surface area contributed by atoms with Gasteiger partial charge in [-0.3, -0.25) is 0 Å². The van der Waals surface area contributed by atoms with Crippen molar-refractivity contribution in [3.63, 3.8) is 0 Å². The van der Waals surface area contributed by atoms with Crippen LogP contribution in [0.25, 0.3) is 0 Å². The molecule has 0 aliphatic heterocycles. The van der Waals surface area contributed by atoms with E-state index in [2.05, 4.69) is 23.2 Å². The molecule has 1 aromatic rings. The summed E-state index contributed by atoms with van der Waals surface area (Å²) >= 11 is 6.03. The van der Waals surface area contributed by atoms with Crippen LogP contribution in [0.5, 0.6) is 5.75 Å². The van der Waals surface area contributed by atoms with Crippen molar-refractivity contribution in [2.45, 2.75) is 12.1 Å². The number of rotatable bonds is 9. The third kappa shape index (κ3) is 5.60. The molecule has 1 aromatic carbocycles. The smallest absolute Gasteiger partial charge is 0.408 e. The van der Waals surface area contributed by atoms with Gasteiger partial charge in [-0.25, -0.2) is 9.59 Å². The highest BCUT2D eigenvalue weighted by Crippen LogP contribution is 2.29. The molecule has 0 saturated carbocycles. The lowest BCUT2D eigenvalue weighted by molar-refractivity contribution is -0.142. The zero-order chi connectivity index (χ0) is 18.1. The van der Waals surface area contributed by atoms with Crippen molar-refractivity contribution >= 4 is 23.7 Å². The summed E-state index contributed by atoms with van der Waals surface area (Å²) in [7, 11) is 0. The monoisotopic (exact) mass is 355 g/mol. The molecular formula is C16H18ClNO6. The number of amides is 1. The molecule has 1 rings (SSSR count). The minimum absolute atomic E-state index is 0.0879. The second-order valence-electron chi connectivity index (χ2n) is 4.58. The first-order chi connectivity index (χ1) is 11.4. The number of nitrogens with one attached hydrogen (secondary N) is 1. The van der Waals surface area contributed by atoms with Gasteiger partial charge in [0.25, 0.3) is 0 Å². The molecule has 0 aliphatic carbocycles. The summed E-state index contributed by atoms with van der Waals surface area (Å²) in [5.41, 5.74) is 0.197. The largest absolute Gasteiger partial charge is 0.488 e. The Morgan fingerprint density at radius 3 is 2.50 bits per heavy atom. The van der Waals surface area contributed by atoms with Crippen LogP contribution in [0.4, 0.5) is 4.79 Å². The van der Waals surface area contributed by atoms with E-state index >= 15 is 0 Å². The Labute approximate surface area is 144 Å². The Kier molecular flexibility index (Phi) is 7.81. The summed E-state index contributed by atoms with van der Waals surface area (Å²) in [5.74, 6) is -1.07. The van der Waals surface area contributed by atoms with E-state index in [-0.39, 0.29) is 23.8 Å². The van der Waals surface area contributed by atoms with Crippen molar-refractivity contribution in [3.05, 3.63) is 54.1 Å². The third-order valence-corrected chi connectivity index (χ3v) is 3.14. The van der Waals surface area contributed by atoms with E-state index in [1.165, 1.54) is 24.3 Å². The number of aliphatic hydroxyl groups is 1. The number of alkyl carbamates (subject to hydrolysis) is 1. The molecule has 0 heterocycles. The van der Waals surface area contributed by atoms with Crippen molar-refractivity contribution in [3.8, 4) is 5.75 Å². The minimum Gasteiger partial charge on any atom is -0.488 e. The second-order valence-corrected chi connectivity index (χ2v) is 4.99. The van der Waals surface area contributed by atoms with Crippen molar-refractivity contribution in [2.75, 3.05) is 13.2 Å². The van der Waals surface area contributed by atoms with Gasteiger partial charge in [-0.15, -0.1) is 0 Å². The number of benzene rings is 1. The van der Waals surface area contributed by atoms with Crippen molar-refractivity contribution < 1.29 is 29.3 Å². The number of halogens is 1. The average Bonchev–Trinajstić information content (AvgIpc) is 2.55. The number of carbonyl (C=O) groups excluding carboxylic acids is 1. The van der Waals surface area contributed by atoms with E-state index < -0.39 is 24.2 Å². The molecule has 0 aromatic heterocycles. The number of hydrogen-bond donors (Lipinski definition) is 3. The first-order valence-electron chi connectivity index (χ1n) is 6.89. The summed E-state index contributed by atoms with van der Waals surface area (Å²) in [6.07, 6.45) is 0.342. The van der Waals surface area contributed by atoms with Crippen molar-refractivity contribution in [1.29, 1.82) is 0 Å². The third-order valence-electron chi connectivity index (χ3n) is 2.84. The van der Waals surface area contributed by atoms with Crippen LogP contribution in [0.15, 0.2) is 43.5 Å². The molecule has 3 N–H and O–H groups in total. The van der Waals surface area contributed by atoms with E-state index in [0.717, 1.165) is 0 Å². The zero-order valence-electron chi connectivity index (χ0n) is 12.8. The Balaban J connectivity index is 2.90. The van der Waals surface area contributed by atoms with Crippen molar-refractivity contribution in [2.24, 2.45) is 0 Å². The standard InChI is InChI=1S/C16H18ClNO6/c1-3-7-23-12-6-5-10(9-11(12)17)14(19)13(15(20)21)18-16(22)24-8-4-2/h3-6,9,13-14,19H,1-2,7-8H2,(H,18,22)(H,20,21)/t13-,14+/m0/s1. The summed E-state index contributed by atoms with van der Waals surface area (Å²) in [6.45, 7) is 7.03. The summed E-state index contributed by atoms with van der Waals surface area (Å²) in [6, 6.07) is 2.68. The quantitative estimate of drug-likeness (QED) is 0.587. The molecule has 0 spiro atoms. The van der Waals surface area contributed by atoms with Crippen LogP contribution in [-0.4, -0.2) is 41.5 Å². The fourth-order valence-corrected chi connectivity index (χ4v) is 1.98. The first kappa shape index (κ1) is 19.5. The SMILES string of the molecule is C=CCOC(=O)N[C@H](C(=O)O)[C@H](O)c1ccc(OCC=C)c(Cl)c1. The number of aliphatic hydroxyl groups excluding tert-OH is 1. The van der Waals surface area contributed by atoms with Gasteiger partial charge in [0.05, 0.1) is 5.02 Å². The summed E-state index contributed by atoms with van der Waals surface area (Å²) < 4.78 is 9.94. The van der Waals surface area contributed by atoms with Gasteiger partial charge in [-0.2, -0.15) is 0 Å². The fourth-order valence-electron chi connectivity index (χ4n) is 1.74. The Morgan fingerprint density at radius 1 is 1.29 bits per heavy atom. The zero-order valence-corrected chi connectivity index (χ0v) is 13.5. The van der Waals surface area contributed by atoms with Gasteiger partial charge in [0.2, 0.25) is 0 Å². The molecule has 0 unspecified atom stereocenters. The lowest BCUT2D eigenvalue weighted by Gasteiger charge is -2.21. The molecule has 1 amide bonds. The average molecular weight is 356 g/mol. The van der Waals surface area contributed by atoms with E-state index in [0.29, 0.717) is 5.75 Å². The molecule has 0 radical (unpaired) electrons. The van der Waals surface area contributed by atoms with Gasteiger partial charge < -0.3 is 25.0 Å². The van der Waals surface area contributed by atoms with E-state index in [1.807, 2.05) is 0 Å². The highest BCUT2D eigenvalue weighted by Gasteiger charge is 2.30. The number of aliphatic carboxylic acids is 1. The Bertz CT molecular complexity index is 619. The second kappa shape index (κ2) is 9.59. The highest BCUT2D eigenvalue weighted by molar-refractivity contribution is 6.32. The number of carbonyl (C=O) groups is 2. The van der Waals surface area contributed by atoms with Crippen LogP contribution in [0.2, 0.25) is 5.02 Å². The minimum atomic E-state index is -1.61. The molecule has 7 nitrogen and oxygen atoms in total. The maximum atomic E-state index is 11.5. The Morgan fingerprint density at radius 2 is 1.96 bits per heavy atom. The van der Waals surface area contributed by atoms with Crippen molar-refractivity contribution in [1.82, 2.24) is 5.32 Å². The number of carboxylic acids is 1. The summed E-state index contributed by atoms with van der Waals surface area (Å²) in [4.78, 5) is 22.8. The van der Waals surface area contributed by atoms with Gasteiger partial charge in [-0.05, 0) is 17.7 Å². The van der Waals surface area contributed by atoms with Gasteiger partial charge >= 0.3 is 12.1 Å². The molecule has 0 bridgehead atoms.